The molecular weight excluding hydrogens is 419 g/mol. The number of carbonyl (C=O) groups is 1. The van der Waals surface area contributed by atoms with Crippen LogP contribution in [0.15, 0.2) is 54.7 Å². The second kappa shape index (κ2) is 9.13. The Morgan fingerprint density at radius 2 is 1.47 bits per heavy atom. The summed E-state index contributed by atoms with van der Waals surface area (Å²) in [5, 5.41) is 1.36. The van der Waals surface area contributed by atoms with Gasteiger partial charge in [-0.25, -0.2) is 4.98 Å². The molecule has 0 radical (unpaired) electrons. The Kier molecular flexibility index (Phi) is 6.32. The molecule has 30 heavy (non-hydrogen) atoms. The third kappa shape index (κ3) is 4.81. The van der Waals surface area contributed by atoms with Crippen molar-refractivity contribution in [1.29, 1.82) is 0 Å². The first-order valence-corrected chi connectivity index (χ1v) is 10.6. The lowest BCUT2D eigenvalue weighted by atomic mass is 9.93. The fraction of sp³-hybridized carbons (Fsp3) is 0.261. The van der Waals surface area contributed by atoms with Crippen LogP contribution in [0.25, 0.3) is 22.5 Å². The zero-order valence-electron chi connectivity index (χ0n) is 16.4. The summed E-state index contributed by atoms with van der Waals surface area (Å²) in [5.41, 5.74) is 9.85. The zero-order chi connectivity index (χ0) is 21.1. The SMILES string of the molecule is NC(=O)CN1CCC(c2cnc(-c3ccc(Cl)cc3)c(-c3ccc(Cl)cc3)n2)CC1. The van der Waals surface area contributed by atoms with Gasteiger partial charge in [0.15, 0.2) is 0 Å². The first-order valence-electron chi connectivity index (χ1n) is 9.89. The van der Waals surface area contributed by atoms with Crippen molar-refractivity contribution in [1.82, 2.24) is 14.9 Å². The number of benzene rings is 2. The highest BCUT2D eigenvalue weighted by molar-refractivity contribution is 6.31. The molecule has 1 saturated heterocycles. The molecule has 0 atom stereocenters. The van der Waals surface area contributed by atoms with Gasteiger partial charge in [-0.05, 0) is 50.2 Å². The van der Waals surface area contributed by atoms with E-state index in [0.717, 1.165) is 54.1 Å². The lowest BCUT2D eigenvalue weighted by Crippen LogP contribution is -2.39. The second-order valence-corrected chi connectivity index (χ2v) is 8.40. The normalized spacial score (nSPS) is 15.3. The highest BCUT2D eigenvalue weighted by atomic mass is 35.5. The molecule has 4 rings (SSSR count). The first kappa shape index (κ1) is 20.8. The van der Waals surface area contributed by atoms with Crippen LogP contribution < -0.4 is 5.73 Å². The molecule has 5 nitrogen and oxygen atoms in total. The van der Waals surface area contributed by atoms with E-state index in [1.165, 1.54) is 0 Å². The zero-order valence-corrected chi connectivity index (χ0v) is 17.9. The van der Waals surface area contributed by atoms with Crippen LogP contribution in [0.4, 0.5) is 0 Å². The molecule has 3 aromatic rings. The van der Waals surface area contributed by atoms with Crippen molar-refractivity contribution in [3.05, 3.63) is 70.5 Å². The molecule has 0 aliphatic carbocycles. The van der Waals surface area contributed by atoms with Crippen LogP contribution in [-0.4, -0.2) is 40.4 Å². The van der Waals surface area contributed by atoms with Crippen molar-refractivity contribution in [3.63, 3.8) is 0 Å². The summed E-state index contributed by atoms with van der Waals surface area (Å²) in [6.07, 6.45) is 3.71. The molecule has 2 N–H and O–H groups in total. The van der Waals surface area contributed by atoms with Crippen LogP contribution in [0.5, 0.6) is 0 Å². The minimum atomic E-state index is -0.286. The molecule has 1 aliphatic rings. The molecular formula is C23H22Cl2N4O. The lowest BCUT2D eigenvalue weighted by molar-refractivity contribution is -0.119. The molecule has 0 unspecified atom stereocenters. The number of primary amides is 1. The summed E-state index contributed by atoms with van der Waals surface area (Å²) >= 11 is 12.1. The number of likely N-dealkylation sites (tertiary alicyclic amines) is 1. The van der Waals surface area contributed by atoms with Gasteiger partial charge in [0.2, 0.25) is 5.91 Å². The summed E-state index contributed by atoms with van der Waals surface area (Å²) in [5.74, 6) is 0.0116. The fourth-order valence-corrected chi connectivity index (χ4v) is 4.09. The van der Waals surface area contributed by atoms with E-state index in [0.29, 0.717) is 22.5 Å². The third-order valence-corrected chi connectivity index (χ3v) is 5.92. The summed E-state index contributed by atoms with van der Waals surface area (Å²) < 4.78 is 0. The van der Waals surface area contributed by atoms with Gasteiger partial charge in [0.25, 0.3) is 0 Å². The first-order chi connectivity index (χ1) is 14.5. The minimum absolute atomic E-state index is 0.286. The van der Waals surface area contributed by atoms with Gasteiger partial charge in [-0.3, -0.25) is 14.7 Å². The van der Waals surface area contributed by atoms with Crippen molar-refractivity contribution in [3.8, 4) is 22.5 Å². The number of halogens is 2. The van der Waals surface area contributed by atoms with E-state index in [-0.39, 0.29) is 5.91 Å². The maximum atomic E-state index is 11.2. The molecule has 1 fully saturated rings. The Bertz CT molecular complexity index is 1030. The number of rotatable bonds is 5. The molecule has 0 bridgehead atoms. The van der Waals surface area contributed by atoms with Crippen LogP contribution in [0.1, 0.15) is 24.5 Å². The van der Waals surface area contributed by atoms with Gasteiger partial charge in [-0.15, -0.1) is 0 Å². The number of nitrogens with two attached hydrogens (primary N) is 1. The molecule has 154 valence electrons. The molecule has 1 aliphatic heterocycles. The maximum Gasteiger partial charge on any atom is 0.231 e. The van der Waals surface area contributed by atoms with Gasteiger partial charge in [0, 0.05) is 33.3 Å². The van der Waals surface area contributed by atoms with Crippen molar-refractivity contribution in [2.75, 3.05) is 19.6 Å². The van der Waals surface area contributed by atoms with Crippen LogP contribution >= 0.6 is 23.2 Å². The predicted octanol–water partition coefficient (Wildman–Crippen LogP) is 4.78. The lowest BCUT2D eigenvalue weighted by Gasteiger charge is -2.30. The summed E-state index contributed by atoms with van der Waals surface area (Å²) in [6, 6.07) is 15.3. The maximum absolute atomic E-state index is 11.2. The van der Waals surface area contributed by atoms with Crippen LogP contribution in [0.2, 0.25) is 10.0 Å². The third-order valence-electron chi connectivity index (χ3n) is 5.41. The highest BCUT2D eigenvalue weighted by Gasteiger charge is 2.24. The van der Waals surface area contributed by atoms with Crippen LogP contribution in [0, 0.1) is 0 Å². The van der Waals surface area contributed by atoms with Gasteiger partial charge >= 0.3 is 0 Å². The van der Waals surface area contributed by atoms with E-state index in [4.69, 9.17) is 38.9 Å². The van der Waals surface area contributed by atoms with Gasteiger partial charge in [0.05, 0.1) is 23.6 Å². The quantitative estimate of drug-likeness (QED) is 0.619. The Morgan fingerprint density at radius 3 is 2.00 bits per heavy atom. The molecule has 2 heterocycles. The Balaban J connectivity index is 1.67. The summed E-state index contributed by atoms with van der Waals surface area (Å²) in [6.45, 7) is 1.96. The number of carbonyl (C=O) groups excluding carboxylic acids is 1. The fourth-order valence-electron chi connectivity index (χ4n) is 3.83. The number of aromatic nitrogens is 2. The van der Waals surface area contributed by atoms with Crippen LogP contribution in [0.3, 0.4) is 0 Å². The van der Waals surface area contributed by atoms with Gasteiger partial charge < -0.3 is 5.73 Å². The Hall–Kier alpha value is -2.47. The van der Waals surface area contributed by atoms with E-state index in [1.807, 2.05) is 54.7 Å². The standard InChI is InChI=1S/C23H22Cl2N4O/c24-18-5-1-16(2-6-18)22-23(17-3-7-19(25)8-4-17)28-20(13-27-22)15-9-11-29(12-10-15)14-21(26)30/h1-8,13,15H,9-12,14H2,(H2,26,30). The highest BCUT2D eigenvalue weighted by Crippen LogP contribution is 2.33. The smallest absolute Gasteiger partial charge is 0.231 e. The van der Waals surface area contributed by atoms with E-state index in [2.05, 4.69) is 4.90 Å². The number of piperidine rings is 1. The summed E-state index contributed by atoms with van der Waals surface area (Å²) in [4.78, 5) is 23.1. The van der Waals surface area contributed by atoms with Crippen LogP contribution in [-0.2, 0) is 4.79 Å². The van der Waals surface area contributed by atoms with Crippen molar-refractivity contribution < 1.29 is 4.79 Å². The number of nitrogens with zero attached hydrogens (tertiary/aromatic N) is 3. The number of amides is 1. The number of hydrogen-bond donors (Lipinski definition) is 1. The van der Waals surface area contributed by atoms with Crippen molar-refractivity contribution in [2.45, 2.75) is 18.8 Å². The molecule has 2 aromatic carbocycles. The van der Waals surface area contributed by atoms with E-state index >= 15 is 0 Å². The van der Waals surface area contributed by atoms with Gasteiger partial charge in [0.1, 0.15) is 0 Å². The molecule has 0 saturated carbocycles. The molecule has 1 aromatic heterocycles. The molecule has 7 heteroatoms. The largest absolute Gasteiger partial charge is 0.369 e. The van der Waals surface area contributed by atoms with Crippen molar-refractivity contribution in [2.24, 2.45) is 5.73 Å². The van der Waals surface area contributed by atoms with Crippen molar-refractivity contribution >= 4 is 29.1 Å². The summed E-state index contributed by atoms with van der Waals surface area (Å²) in [7, 11) is 0. The average Bonchev–Trinajstić information content (AvgIpc) is 2.75. The topological polar surface area (TPSA) is 72.1 Å². The predicted molar refractivity (Wildman–Crippen MR) is 121 cm³/mol. The van der Waals surface area contributed by atoms with E-state index in [9.17, 15) is 4.79 Å². The Morgan fingerprint density at radius 1 is 0.933 bits per heavy atom. The molecule has 0 spiro atoms. The second-order valence-electron chi connectivity index (χ2n) is 7.52. The number of hydrogen-bond acceptors (Lipinski definition) is 4. The van der Waals surface area contributed by atoms with E-state index < -0.39 is 0 Å². The van der Waals surface area contributed by atoms with E-state index in [1.54, 1.807) is 0 Å². The monoisotopic (exact) mass is 440 g/mol. The molecule has 1 amide bonds. The Labute approximate surface area is 185 Å². The van der Waals surface area contributed by atoms with Gasteiger partial charge in [-0.1, -0.05) is 47.5 Å². The van der Waals surface area contributed by atoms with Gasteiger partial charge in [-0.2, -0.15) is 0 Å². The minimum Gasteiger partial charge on any atom is -0.369 e. The average molecular weight is 441 g/mol.